The van der Waals surface area contributed by atoms with E-state index in [1.807, 2.05) is 12.4 Å². The fourth-order valence-electron chi connectivity index (χ4n) is 2.60. The fourth-order valence-corrected chi connectivity index (χ4v) is 2.60. The van der Waals surface area contributed by atoms with Crippen LogP contribution in [-0.2, 0) is 0 Å². The molecule has 0 aromatic carbocycles. The molecule has 0 radical (unpaired) electrons. The van der Waals surface area contributed by atoms with Crippen molar-refractivity contribution in [3.63, 3.8) is 0 Å². The number of hydrogen-bond donors (Lipinski definition) is 2. The molecule has 0 saturated heterocycles. The van der Waals surface area contributed by atoms with E-state index in [2.05, 4.69) is 42.5 Å². The summed E-state index contributed by atoms with van der Waals surface area (Å²) in [6.07, 6.45) is 6.39. The largest absolute Gasteiger partial charge is 0.384 e. The SMILES string of the molecule is CCNc1cncc(NC2CCC(C)C2C)c1. The van der Waals surface area contributed by atoms with Crippen LogP contribution in [0.1, 0.15) is 33.6 Å². The average molecular weight is 233 g/mol. The molecule has 1 fully saturated rings. The Balaban J connectivity index is 2.01. The van der Waals surface area contributed by atoms with E-state index in [0.717, 1.165) is 29.8 Å². The Morgan fingerprint density at radius 3 is 2.65 bits per heavy atom. The normalized spacial score (nSPS) is 28.1. The van der Waals surface area contributed by atoms with E-state index in [4.69, 9.17) is 0 Å². The maximum atomic E-state index is 4.26. The molecule has 1 aromatic heterocycles. The molecular formula is C14H23N3. The van der Waals surface area contributed by atoms with Crippen molar-refractivity contribution < 1.29 is 0 Å². The van der Waals surface area contributed by atoms with Crippen LogP contribution >= 0.6 is 0 Å². The predicted octanol–water partition coefficient (Wildman–Crippen LogP) is 3.36. The molecule has 2 rings (SSSR count). The van der Waals surface area contributed by atoms with Crippen molar-refractivity contribution in [1.29, 1.82) is 0 Å². The molecular weight excluding hydrogens is 210 g/mol. The van der Waals surface area contributed by atoms with Crippen molar-refractivity contribution in [2.24, 2.45) is 11.8 Å². The number of hydrogen-bond acceptors (Lipinski definition) is 3. The highest BCUT2D eigenvalue weighted by molar-refractivity contribution is 5.54. The van der Waals surface area contributed by atoms with E-state index in [1.165, 1.54) is 12.8 Å². The van der Waals surface area contributed by atoms with Gasteiger partial charge in [-0.3, -0.25) is 4.98 Å². The quantitative estimate of drug-likeness (QED) is 0.837. The number of aromatic nitrogens is 1. The second kappa shape index (κ2) is 5.39. The first-order valence-corrected chi connectivity index (χ1v) is 6.66. The lowest BCUT2D eigenvalue weighted by atomic mass is 9.98. The van der Waals surface area contributed by atoms with Gasteiger partial charge in [-0.05, 0) is 37.7 Å². The molecule has 0 amide bonds. The summed E-state index contributed by atoms with van der Waals surface area (Å²) in [6, 6.07) is 2.75. The Morgan fingerprint density at radius 1 is 1.24 bits per heavy atom. The van der Waals surface area contributed by atoms with Crippen molar-refractivity contribution >= 4 is 11.4 Å². The van der Waals surface area contributed by atoms with Gasteiger partial charge in [0.25, 0.3) is 0 Å². The lowest BCUT2D eigenvalue weighted by Crippen LogP contribution is -2.24. The van der Waals surface area contributed by atoms with Crippen LogP contribution in [0.4, 0.5) is 11.4 Å². The smallest absolute Gasteiger partial charge is 0.0549 e. The minimum atomic E-state index is 0.601. The zero-order valence-electron chi connectivity index (χ0n) is 11.0. The van der Waals surface area contributed by atoms with Crippen LogP contribution in [0.25, 0.3) is 0 Å². The van der Waals surface area contributed by atoms with Crippen LogP contribution in [0.5, 0.6) is 0 Å². The molecule has 17 heavy (non-hydrogen) atoms. The van der Waals surface area contributed by atoms with Gasteiger partial charge in [-0.15, -0.1) is 0 Å². The van der Waals surface area contributed by atoms with E-state index >= 15 is 0 Å². The van der Waals surface area contributed by atoms with Gasteiger partial charge in [0, 0.05) is 12.6 Å². The Hall–Kier alpha value is -1.25. The molecule has 3 atom stereocenters. The lowest BCUT2D eigenvalue weighted by Gasteiger charge is -2.21. The van der Waals surface area contributed by atoms with E-state index < -0.39 is 0 Å². The second-order valence-corrected chi connectivity index (χ2v) is 5.16. The molecule has 0 bridgehead atoms. The Bertz CT molecular complexity index is 364. The van der Waals surface area contributed by atoms with Crippen LogP contribution in [0, 0.1) is 11.8 Å². The Kier molecular flexibility index (Phi) is 3.87. The van der Waals surface area contributed by atoms with E-state index in [9.17, 15) is 0 Å². The number of pyridine rings is 1. The summed E-state index contributed by atoms with van der Waals surface area (Å²) in [6.45, 7) is 7.72. The van der Waals surface area contributed by atoms with Crippen molar-refractivity contribution in [2.75, 3.05) is 17.2 Å². The molecule has 1 saturated carbocycles. The zero-order valence-corrected chi connectivity index (χ0v) is 11.0. The molecule has 0 spiro atoms. The van der Waals surface area contributed by atoms with Gasteiger partial charge in [-0.25, -0.2) is 0 Å². The van der Waals surface area contributed by atoms with Crippen molar-refractivity contribution in [2.45, 2.75) is 39.7 Å². The third-order valence-electron chi connectivity index (χ3n) is 3.94. The van der Waals surface area contributed by atoms with Gasteiger partial charge >= 0.3 is 0 Å². The number of nitrogens with zero attached hydrogens (tertiary/aromatic N) is 1. The number of anilines is 2. The predicted molar refractivity (Wildman–Crippen MR) is 73.4 cm³/mol. The molecule has 3 nitrogen and oxygen atoms in total. The molecule has 2 N–H and O–H groups in total. The monoisotopic (exact) mass is 233 g/mol. The van der Waals surface area contributed by atoms with Gasteiger partial charge < -0.3 is 10.6 Å². The third kappa shape index (κ3) is 2.90. The summed E-state index contributed by atoms with van der Waals surface area (Å²) in [5.41, 5.74) is 2.23. The lowest BCUT2D eigenvalue weighted by molar-refractivity contribution is 0.435. The van der Waals surface area contributed by atoms with Crippen LogP contribution in [-0.4, -0.2) is 17.6 Å². The summed E-state index contributed by atoms with van der Waals surface area (Å²) >= 11 is 0. The molecule has 1 aliphatic carbocycles. The van der Waals surface area contributed by atoms with Crippen molar-refractivity contribution in [3.05, 3.63) is 18.5 Å². The molecule has 1 aromatic rings. The highest BCUT2D eigenvalue weighted by Gasteiger charge is 2.29. The minimum Gasteiger partial charge on any atom is -0.384 e. The highest BCUT2D eigenvalue weighted by Crippen LogP contribution is 2.33. The first kappa shape index (κ1) is 12.2. The third-order valence-corrected chi connectivity index (χ3v) is 3.94. The summed E-state index contributed by atoms with van der Waals surface area (Å²) in [5, 5.41) is 6.91. The van der Waals surface area contributed by atoms with Crippen LogP contribution in [0.15, 0.2) is 18.5 Å². The van der Waals surface area contributed by atoms with Gasteiger partial charge in [0.15, 0.2) is 0 Å². The second-order valence-electron chi connectivity index (χ2n) is 5.16. The maximum absolute atomic E-state index is 4.26. The van der Waals surface area contributed by atoms with Gasteiger partial charge in [0.2, 0.25) is 0 Å². The van der Waals surface area contributed by atoms with Gasteiger partial charge in [0.1, 0.15) is 0 Å². The van der Waals surface area contributed by atoms with Crippen LogP contribution < -0.4 is 10.6 Å². The Labute approximate surface area is 104 Å². The zero-order chi connectivity index (χ0) is 12.3. The topological polar surface area (TPSA) is 37.0 Å². The van der Waals surface area contributed by atoms with Gasteiger partial charge in [-0.1, -0.05) is 13.8 Å². The average Bonchev–Trinajstić information content (AvgIpc) is 2.62. The van der Waals surface area contributed by atoms with E-state index in [-0.39, 0.29) is 0 Å². The Morgan fingerprint density at radius 2 is 2.00 bits per heavy atom. The van der Waals surface area contributed by atoms with Crippen molar-refractivity contribution in [1.82, 2.24) is 4.98 Å². The van der Waals surface area contributed by atoms with Crippen LogP contribution in [0.3, 0.4) is 0 Å². The van der Waals surface area contributed by atoms with E-state index in [0.29, 0.717) is 6.04 Å². The fraction of sp³-hybridized carbons (Fsp3) is 0.643. The van der Waals surface area contributed by atoms with E-state index in [1.54, 1.807) is 0 Å². The minimum absolute atomic E-state index is 0.601. The van der Waals surface area contributed by atoms with Crippen molar-refractivity contribution in [3.8, 4) is 0 Å². The molecule has 3 heteroatoms. The number of rotatable bonds is 4. The molecule has 3 unspecified atom stereocenters. The summed E-state index contributed by atoms with van der Waals surface area (Å²) in [4.78, 5) is 4.26. The van der Waals surface area contributed by atoms with Crippen LogP contribution in [0.2, 0.25) is 0 Å². The maximum Gasteiger partial charge on any atom is 0.0549 e. The summed E-state index contributed by atoms with van der Waals surface area (Å²) in [7, 11) is 0. The first-order valence-electron chi connectivity index (χ1n) is 6.66. The highest BCUT2D eigenvalue weighted by atomic mass is 15.0. The van der Waals surface area contributed by atoms with Gasteiger partial charge in [-0.2, -0.15) is 0 Å². The van der Waals surface area contributed by atoms with Gasteiger partial charge in [0.05, 0.1) is 23.8 Å². The number of nitrogens with one attached hydrogen (secondary N) is 2. The molecule has 1 heterocycles. The summed E-state index contributed by atoms with van der Waals surface area (Å²) < 4.78 is 0. The summed E-state index contributed by atoms with van der Waals surface area (Å²) in [5.74, 6) is 1.58. The molecule has 94 valence electrons. The first-order chi connectivity index (χ1) is 8.20. The molecule has 0 aliphatic heterocycles. The molecule has 1 aliphatic rings. The standard InChI is InChI=1S/C14H23N3/c1-4-16-12-7-13(9-15-8-12)17-14-6-5-10(2)11(14)3/h7-11,14,16-17H,4-6H2,1-3H3.